The molecule has 0 unspecified atom stereocenters. The van der Waals surface area contributed by atoms with Gasteiger partial charge in [-0.05, 0) is 40.3 Å². The number of carbonyl (C=O) groups is 1. The maximum atomic E-state index is 12.2. The number of benzene rings is 2. The SMILES string of the molecule is CN(C)c1ccc(/C=C(\C#N)C(=O)OCc2ccc(C(C)(C)C)cc2)cc1. The summed E-state index contributed by atoms with van der Waals surface area (Å²) in [6, 6.07) is 17.5. The van der Waals surface area contributed by atoms with Crippen LogP contribution in [0.3, 0.4) is 0 Å². The molecule has 0 aliphatic rings. The molecule has 0 aliphatic carbocycles. The molecule has 0 fully saturated rings. The van der Waals surface area contributed by atoms with Crippen LogP contribution in [-0.2, 0) is 21.6 Å². The van der Waals surface area contributed by atoms with Gasteiger partial charge >= 0.3 is 5.97 Å². The number of ether oxygens (including phenoxy) is 1. The standard InChI is InChI=1S/C23H26N2O2/c1-23(2,3)20-10-6-18(7-11-20)16-27-22(26)19(15-24)14-17-8-12-21(13-9-17)25(4)5/h6-14H,16H2,1-5H3/b19-14+. The van der Waals surface area contributed by atoms with E-state index in [1.165, 1.54) is 5.56 Å². The lowest BCUT2D eigenvalue weighted by Crippen LogP contribution is -2.11. The monoisotopic (exact) mass is 362 g/mol. The molecule has 27 heavy (non-hydrogen) atoms. The van der Waals surface area contributed by atoms with Crippen LogP contribution < -0.4 is 4.90 Å². The van der Waals surface area contributed by atoms with E-state index in [1.807, 2.05) is 73.6 Å². The normalized spacial score (nSPS) is 11.6. The minimum atomic E-state index is -0.617. The highest BCUT2D eigenvalue weighted by Crippen LogP contribution is 2.22. The minimum absolute atomic E-state index is 0.0149. The first-order valence-electron chi connectivity index (χ1n) is 8.86. The third-order valence-corrected chi connectivity index (χ3v) is 4.25. The molecule has 140 valence electrons. The van der Waals surface area contributed by atoms with Gasteiger partial charge in [0.15, 0.2) is 0 Å². The summed E-state index contributed by atoms with van der Waals surface area (Å²) in [4.78, 5) is 14.2. The van der Waals surface area contributed by atoms with E-state index in [2.05, 4.69) is 20.8 Å². The van der Waals surface area contributed by atoms with Gasteiger partial charge in [-0.2, -0.15) is 5.26 Å². The predicted octanol–water partition coefficient (Wildman–Crippen LogP) is 4.70. The molecule has 0 aromatic heterocycles. The summed E-state index contributed by atoms with van der Waals surface area (Å²) in [6.45, 7) is 6.59. The summed E-state index contributed by atoms with van der Waals surface area (Å²) in [6.07, 6.45) is 1.55. The molecular formula is C23H26N2O2. The molecule has 0 radical (unpaired) electrons. The van der Waals surface area contributed by atoms with E-state index in [1.54, 1.807) is 6.08 Å². The number of esters is 1. The zero-order valence-corrected chi connectivity index (χ0v) is 16.6. The van der Waals surface area contributed by atoms with E-state index in [4.69, 9.17) is 4.74 Å². The van der Waals surface area contributed by atoms with E-state index in [0.29, 0.717) is 0 Å². The number of hydrogen-bond donors (Lipinski definition) is 0. The van der Waals surface area contributed by atoms with Gasteiger partial charge in [0, 0.05) is 19.8 Å². The number of anilines is 1. The Morgan fingerprint density at radius 2 is 1.67 bits per heavy atom. The summed E-state index contributed by atoms with van der Waals surface area (Å²) in [5.41, 5.74) is 4.00. The summed E-state index contributed by atoms with van der Waals surface area (Å²) >= 11 is 0. The molecular weight excluding hydrogens is 336 g/mol. The van der Waals surface area contributed by atoms with E-state index < -0.39 is 5.97 Å². The highest BCUT2D eigenvalue weighted by atomic mass is 16.5. The molecule has 0 atom stereocenters. The number of rotatable bonds is 5. The average molecular weight is 362 g/mol. The Kier molecular flexibility index (Phi) is 6.41. The zero-order chi connectivity index (χ0) is 20.0. The third-order valence-electron chi connectivity index (χ3n) is 4.25. The van der Waals surface area contributed by atoms with Gasteiger partial charge in [0.1, 0.15) is 18.2 Å². The van der Waals surface area contributed by atoms with Crippen molar-refractivity contribution in [1.82, 2.24) is 0 Å². The smallest absolute Gasteiger partial charge is 0.349 e. The van der Waals surface area contributed by atoms with Crippen molar-refractivity contribution >= 4 is 17.7 Å². The Morgan fingerprint density at radius 3 is 2.15 bits per heavy atom. The van der Waals surface area contributed by atoms with Crippen molar-refractivity contribution in [3.8, 4) is 6.07 Å². The number of nitriles is 1. The molecule has 0 heterocycles. The van der Waals surface area contributed by atoms with Gasteiger partial charge in [-0.1, -0.05) is 57.2 Å². The fraction of sp³-hybridized carbons (Fsp3) is 0.304. The van der Waals surface area contributed by atoms with Crippen molar-refractivity contribution in [2.45, 2.75) is 32.8 Å². The predicted molar refractivity (Wildman–Crippen MR) is 109 cm³/mol. The number of carbonyl (C=O) groups excluding carboxylic acids is 1. The molecule has 2 aromatic rings. The molecule has 0 spiro atoms. The average Bonchev–Trinajstić information content (AvgIpc) is 2.64. The second-order valence-corrected chi connectivity index (χ2v) is 7.68. The largest absolute Gasteiger partial charge is 0.457 e. The van der Waals surface area contributed by atoms with Gasteiger partial charge < -0.3 is 9.64 Å². The first-order chi connectivity index (χ1) is 12.7. The zero-order valence-electron chi connectivity index (χ0n) is 16.6. The van der Waals surface area contributed by atoms with E-state index >= 15 is 0 Å². The summed E-state index contributed by atoms with van der Waals surface area (Å²) in [7, 11) is 3.91. The van der Waals surface area contributed by atoms with Crippen molar-refractivity contribution in [2.24, 2.45) is 0 Å². The van der Waals surface area contributed by atoms with Crippen molar-refractivity contribution in [3.63, 3.8) is 0 Å². The maximum absolute atomic E-state index is 12.2. The third kappa shape index (κ3) is 5.72. The van der Waals surface area contributed by atoms with Crippen LogP contribution in [0.5, 0.6) is 0 Å². The molecule has 0 bridgehead atoms. The van der Waals surface area contributed by atoms with Gasteiger partial charge in [0.2, 0.25) is 0 Å². The molecule has 2 aromatic carbocycles. The van der Waals surface area contributed by atoms with Gasteiger partial charge in [-0.25, -0.2) is 4.79 Å². The summed E-state index contributed by atoms with van der Waals surface area (Å²) < 4.78 is 5.30. The Morgan fingerprint density at radius 1 is 1.07 bits per heavy atom. The molecule has 4 nitrogen and oxygen atoms in total. The van der Waals surface area contributed by atoms with Crippen molar-refractivity contribution in [3.05, 3.63) is 70.8 Å². The molecule has 2 rings (SSSR count). The van der Waals surface area contributed by atoms with Crippen LogP contribution in [-0.4, -0.2) is 20.1 Å². The van der Waals surface area contributed by atoms with E-state index in [0.717, 1.165) is 16.8 Å². The molecule has 0 saturated heterocycles. The summed E-state index contributed by atoms with van der Waals surface area (Å²) in [5.74, 6) is -0.617. The van der Waals surface area contributed by atoms with Gasteiger partial charge in [-0.15, -0.1) is 0 Å². The van der Waals surface area contributed by atoms with Crippen LogP contribution >= 0.6 is 0 Å². The van der Waals surface area contributed by atoms with Gasteiger partial charge in [-0.3, -0.25) is 0 Å². The van der Waals surface area contributed by atoms with Crippen molar-refractivity contribution in [1.29, 1.82) is 5.26 Å². The maximum Gasteiger partial charge on any atom is 0.349 e. The number of hydrogen-bond acceptors (Lipinski definition) is 4. The second kappa shape index (κ2) is 8.55. The van der Waals surface area contributed by atoms with Crippen LogP contribution in [0.2, 0.25) is 0 Å². The fourth-order valence-corrected chi connectivity index (χ4v) is 2.50. The van der Waals surface area contributed by atoms with E-state index in [9.17, 15) is 10.1 Å². The first kappa shape index (κ1) is 20.3. The van der Waals surface area contributed by atoms with Crippen LogP contribution in [0.4, 0.5) is 5.69 Å². The molecule has 4 heteroatoms. The Bertz CT molecular complexity index is 849. The highest BCUT2D eigenvalue weighted by molar-refractivity contribution is 5.97. The lowest BCUT2D eigenvalue weighted by Gasteiger charge is -2.19. The topological polar surface area (TPSA) is 53.3 Å². The van der Waals surface area contributed by atoms with Crippen LogP contribution in [0.1, 0.15) is 37.5 Å². The number of nitrogens with zero attached hydrogens (tertiary/aromatic N) is 2. The van der Waals surface area contributed by atoms with Gasteiger partial charge in [0.05, 0.1) is 0 Å². The summed E-state index contributed by atoms with van der Waals surface area (Å²) in [5, 5.41) is 9.30. The Labute approximate surface area is 161 Å². The van der Waals surface area contributed by atoms with E-state index in [-0.39, 0.29) is 17.6 Å². The van der Waals surface area contributed by atoms with Crippen molar-refractivity contribution in [2.75, 3.05) is 19.0 Å². The molecule has 0 amide bonds. The van der Waals surface area contributed by atoms with Gasteiger partial charge in [0.25, 0.3) is 0 Å². The first-order valence-corrected chi connectivity index (χ1v) is 8.86. The lowest BCUT2D eigenvalue weighted by molar-refractivity contribution is -0.139. The quantitative estimate of drug-likeness (QED) is 0.439. The second-order valence-electron chi connectivity index (χ2n) is 7.68. The Hall–Kier alpha value is -3.06. The molecule has 0 aliphatic heterocycles. The van der Waals surface area contributed by atoms with Crippen molar-refractivity contribution < 1.29 is 9.53 Å². The van der Waals surface area contributed by atoms with Crippen LogP contribution in [0.25, 0.3) is 6.08 Å². The fourth-order valence-electron chi connectivity index (χ4n) is 2.50. The molecule has 0 saturated carbocycles. The van der Waals surface area contributed by atoms with Crippen LogP contribution in [0, 0.1) is 11.3 Å². The lowest BCUT2D eigenvalue weighted by atomic mass is 9.87. The highest BCUT2D eigenvalue weighted by Gasteiger charge is 2.14. The Balaban J connectivity index is 2.03. The minimum Gasteiger partial charge on any atom is -0.457 e. The van der Waals surface area contributed by atoms with Crippen LogP contribution in [0.15, 0.2) is 54.1 Å². The molecule has 0 N–H and O–H groups in total.